The maximum absolute atomic E-state index is 11.1. The summed E-state index contributed by atoms with van der Waals surface area (Å²) < 4.78 is 28.8. The minimum atomic E-state index is -4.51. The van der Waals surface area contributed by atoms with Crippen LogP contribution < -0.4 is 4.89 Å². The second kappa shape index (κ2) is 9.46. The first-order valence-electron chi connectivity index (χ1n) is 5.10. The molecule has 0 rings (SSSR count). The van der Waals surface area contributed by atoms with Crippen molar-refractivity contribution in [2.45, 2.75) is 0 Å². The summed E-state index contributed by atoms with van der Waals surface area (Å²) in [5.74, 6) is -1.39. The van der Waals surface area contributed by atoms with E-state index in [1.54, 1.807) is 0 Å². The van der Waals surface area contributed by atoms with Gasteiger partial charge >= 0.3 is 11.9 Å². The molecule has 0 aliphatic carbocycles. The van der Waals surface area contributed by atoms with Crippen LogP contribution in [0.3, 0.4) is 0 Å². The third-order valence-electron chi connectivity index (χ3n) is 1.49. The first kappa shape index (κ1) is 17.5. The van der Waals surface area contributed by atoms with Crippen molar-refractivity contribution >= 4 is 19.8 Å². The Morgan fingerprint density at radius 2 is 1.32 bits per heavy atom. The van der Waals surface area contributed by atoms with Crippen LogP contribution in [-0.4, -0.2) is 38.4 Å². The first-order valence-corrected chi connectivity index (χ1v) is 6.56. The van der Waals surface area contributed by atoms with Crippen molar-refractivity contribution in [1.82, 2.24) is 0 Å². The Morgan fingerprint density at radius 3 is 1.63 bits per heavy atom. The van der Waals surface area contributed by atoms with E-state index < -0.39 is 19.8 Å². The number of phosphoric acid groups is 1. The van der Waals surface area contributed by atoms with Crippen molar-refractivity contribution in [1.29, 1.82) is 0 Å². The summed E-state index contributed by atoms with van der Waals surface area (Å²) in [6, 6.07) is 0. The lowest BCUT2D eigenvalue weighted by Crippen LogP contribution is -2.15. The van der Waals surface area contributed by atoms with Gasteiger partial charge in [-0.25, -0.2) is 9.59 Å². The summed E-state index contributed by atoms with van der Waals surface area (Å²) in [6.45, 7) is 5.03. The maximum atomic E-state index is 11.1. The molecule has 0 aromatic carbocycles. The van der Waals surface area contributed by atoms with Gasteiger partial charge in [-0.05, 0) is 0 Å². The fourth-order valence-electron chi connectivity index (χ4n) is 0.738. The zero-order valence-corrected chi connectivity index (χ0v) is 11.0. The number of carbonyl (C=O) groups is 2. The third kappa shape index (κ3) is 10.2. The average molecular weight is 293 g/mol. The fraction of sp³-hybridized carbons (Fsp3) is 0.400. The quantitative estimate of drug-likeness (QED) is 0.238. The molecule has 0 fully saturated rings. The molecule has 19 heavy (non-hydrogen) atoms. The highest BCUT2D eigenvalue weighted by molar-refractivity contribution is 7.45. The Hall–Kier alpha value is -1.47. The van der Waals surface area contributed by atoms with Crippen LogP contribution in [0.25, 0.3) is 0 Å². The van der Waals surface area contributed by atoms with Crippen LogP contribution in [0.1, 0.15) is 0 Å². The lowest BCUT2D eigenvalue weighted by Gasteiger charge is -2.22. The zero-order chi connectivity index (χ0) is 14.7. The number of carbonyl (C=O) groups excluding carboxylic acids is 2. The van der Waals surface area contributed by atoms with Crippen LogP contribution in [0.15, 0.2) is 25.3 Å². The van der Waals surface area contributed by atoms with Gasteiger partial charge in [0.15, 0.2) is 0 Å². The summed E-state index contributed by atoms with van der Waals surface area (Å²) in [6.07, 6.45) is 1.86. The topological polar surface area (TPSA) is 111 Å². The average Bonchev–Trinajstić information content (AvgIpc) is 2.39. The molecule has 0 saturated heterocycles. The van der Waals surface area contributed by atoms with Gasteiger partial charge in [0, 0.05) is 12.2 Å². The van der Waals surface area contributed by atoms with Crippen molar-refractivity contribution in [3.63, 3.8) is 0 Å². The van der Waals surface area contributed by atoms with E-state index in [9.17, 15) is 19.0 Å². The minimum absolute atomic E-state index is 0.258. The standard InChI is InChI=1S/C10H15O8P/c1-3-9(11)15-5-7-17-19(13,14)18-8-6-16-10(12)4-2/h3-4H,1-2,5-8H2,(H,13,14)/p-1. The summed E-state index contributed by atoms with van der Waals surface area (Å²) >= 11 is 0. The summed E-state index contributed by atoms with van der Waals surface area (Å²) in [7, 11) is -4.51. The molecule has 0 radical (unpaired) electrons. The van der Waals surface area contributed by atoms with Crippen molar-refractivity contribution < 1.29 is 37.6 Å². The molecule has 0 atom stereocenters. The van der Waals surface area contributed by atoms with Crippen molar-refractivity contribution in [2.75, 3.05) is 26.4 Å². The summed E-state index contributed by atoms with van der Waals surface area (Å²) in [4.78, 5) is 32.3. The smallest absolute Gasteiger partial charge is 0.330 e. The Balaban J connectivity index is 3.71. The van der Waals surface area contributed by atoms with E-state index in [4.69, 9.17) is 0 Å². The molecule has 8 nitrogen and oxygen atoms in total. The van der Waals surface area contributed by atoms with Gasteiger partial charge in [-0.1, -0.05) is 13.2 Å². The van der Waals surface area contributed by atoms with Crippen LogP contribution in [0, 0.1) is 0 Å². The number of esters is 2. The predicted molar refractivity (Wildman–Crippen MR) is 61.8 cm³/mol. The van der Waals surface area contributed by atoms with Crippen LogP contribution in [0.4, 0.5) is 0 Å². The van der Waals surface area contributed by atoms with Crippen molar-refractivity contribution in [3.8, 4) is 0 Å². The second-order valence-corrected chi connectivity index (χ2v) is 4.27. The van der Waals surface area contributed by atoms with Gasteiger partial charge in [0.05, 0.1) is 13.2 Å². The molecule has 0 aliphatic heterocycles. The van der Waals surface area contributed by atoms with E-state index in [1.807, 2.05) is 0 Å². The molecular weight excluding hydrogens is 279 g/mol. The molecule has 0 aliphatic rings. The molecule has 0 bridgehead atoms. The maximum Gasteiger partial charge on any atom is 0.330 e. The molecule has 0 amide bonds. The highest BCUT2D eigenvalue weighted by atomic mass is 31.2. The zero-order valence-electron chi connectivity index (χ0n) is 10.1. The van der Waals surface area contributed by atoms with Crippen LogP contribution in [0.2, 0.25) is 0 Å². The highest BCUT2D eigenvalue weighted by Gasteiger charge is 2.10. The first-order chi connectivity index (χ1) is 8.91. The number of ether oxygens (including phenoxy) is 2. The summed E-state index contributed by atoms with van der Waals surface area (Å²) in [5.41, 5.74) is 0. The molecular formula is C10H14O8P-. The van der Waals surface area contributed by atoms with E-state index in [1.165, 1.54) is 0 Å². The van der Waals surface area contributed by atoms with Gasteiger partial charge in [-0.2, -0.15) is 0 Å². The van der Waals surface area contributed by atoms with E-state index in [0.717, 1.165) is 12.2 Å². The monoisotopic (exact) mass is 293 g/mol. The Labute approximate surface area is 110 Å². The van der Waals surface area contributed by atoms with Gasteiger partial charge in [-0.3, -0.25) is 4.57 Å². The minimum Gasteiger partial charge on any atom is -0.756 e. The van der Waals surface area contributed by atoms with Crippen LogP contribution in [0.5, 0.6) is 0 Å². The molecule has 0 aromatic rings. The Morgan fingerprint density at radius 1 is 0.947 bits per heavy atom. The number of phosphoric ester groups is 1. The van der Waals surface area contributed by atoms with Gasteiger partial charge in [0.25, 0.3) is 7.82 Å². The van der Waals surface area contributed by atoms with Crippen LogP contribution >= 0.6 is 7.82 Å². The van der Waals surface area contributed by atoms with Gasteiger partial charge in [0.2, 0.25) is 0 Å². The molecule has 0 spiro atoms. The third-order valence-corrected chi connectivity index (χ3v) is 2.49. The van der Waals surface area contributed by atoms with E-state index >= 15 is 0 Å². The van der Waals surface area contributed by atoms with Crippen molar-refractivity contribution in [3.05, 3.63) is 25.3 Å². The van der Waals surface area contributed by atoms with E-state index in [2.05, 4.69) is 31.7 Å². The van der Waals surface area contributed by atoms with E-state index in [0.29, 0.717) is 0 Å². The molecule has 0 saturated carbocycles. The van der Waals surface area contributed by atoms with Crippen LogP contribution in [-0.2, 0) is 32.7 Å². The normalized spacial score (nSPS) is 10.6. The Kier molecular flexibility index (Phi) is 8.73. The molecule has 0 unspecified atom stereocenters. The van der Waals surface area contributed by atoms with E-state index in [-0.39, 0.29) is 26.4 Å². The summed E-state index contributed by atoms with van der Waals surface area (Å²) in [5, 5.41) is 0. The molecule has 108 valence electrons. The van der Waals surface area contributed by atoms with Crippen molar-refractivity contribution in [2.24, 2.45) is 0 Å². The number of hydrogen-bond donors (Lipinski definition) is 0. The highest BCUT2D eigenvalue weighted by Crippen LogP contribution is 2.37. The molecule has 0 N–H and O–H groups in total. The van der Waals surface area contributed by atoms with Gasteiger partial charge in [-0.15, -0.1) is 0 Å². The number of rotatable bonds is 10. The fourth-order valence-corrected chi connectivity index (χ4v) is 1.41. The molecule has 9 heteroatoms. The lowest BCUT2D eigenvalue weighted by molar-refractivity contribution is -0.227. The number of hydrogen-bond acceptors (Lipinski definition) is 8. The van der Waals surface area contributed by atoms with Gasteiger partial charge in [0.1, 0.15) is 13.2 Å². The SMILES string of the molecule is C=CC(=O)OCCOP(=O)([O-])OCCOC(=O)C=C. The predicted octanol–water partition coefficient (Wildman–Crippen LogP) is -0.0536. The molecule has 0 aromatic heterocycles. The lowest BCUT2D eigenvalue weighted by atomic mass is 10.6. The van der Waals surface area contributed by atoms with Gasteiger partial charge < -0.3 is 23.4 Å². The largest absolute Gasteiger partial charge is 0.756 e. The molecule has 0 heterocycles. The second-order valence-electron chi connectivity index (χ2n) is 2.86. The Bertz CT molecular complexity index is 346.